The summed E-state index contributed by atoms with van der Waals surface area (Å²) in [6.07, 6.45) is 4.19. The van der Waals surface area contributed by atoms with Crippen molar-refractivity contribution in [1.29, 1.82) is 0 Å². The lowest BCUT2D eigenvalue weighted by Crippen LogP contribution is -2.48. The maximum atomic E-state index is 13.3. The number of rotatable bonds is 5. The summed E-state index contributed by atoms with van der Waals surface area (Å²) in [5.41, 5.74) is 1.39. The molecule has 33 heavy (non-hydrogen) atoms. The van der Waals surface area contributed by atoms with Crippen molar-refractivity contribution in [3.8, 4) is 11.5 Å². The third kappa shape index (κ3) is 4.36. The second kappa shape index (κ2) is 8.82. The second-order valence-electron chi connectivity index (χ2n) is 9.01. The van der Waals surface area contributed by atoms with Crippen LogP contribution in [0.5, 0.6) is 11.5 Å². The van der Waals surface area contributed by atoms with Gasteiger partial charge in [-0.1, -0.05) is 49.2 Å². The number of hydrogen-bond donors (Lipinski definition) is 0. The number of ether oxygens (including phenoxy) is 2. The van der Waals surface area contributed by atoms with Gasteiger partial charge in [0.2, 0.25) is 0 Å². The van der Waals surface area contributed by atoms with Crippen molar-refractivity contribution in [3.63, 3.8) is 0 Å². The molecule has 0 bridgehead atoms. The molecule has 2 fully saturated rings. The van der Waals surface area contributed by atoms with Crippen LogP contribution in [0.15, 0.2) is 48.5 Å². The van der Waals surface area contributed by atoms with Crippen LogP contribution in [0.3, 0.4) is 0 Å². The van der Waals surface area contributed by atoms with Gasteiger partial charge < -0.3 is 14.4 Å². The Morgan fingerprint density at radius 2 is 1.52 bits per heavy atom. The maximum absolute atomic E-state index is 13.3. The number of carbonyl (C=O) groups is 2. The summed E-state index contributed by atoms with van der Waals surface area (Å²) in [4.78, 5) is 28.2. The zero-order chi connectivity index (χ0) is 23.0. The van der Waals surface area contributed by atoms with Gasteiger partial charge in [0.25, 0.3) is 5.91 Å². The quantitative estimate of drug-likeness (QED) is 0.624. The molecule has 174 valence electrons. The molecule has 7 nitrogen and oxygen atoms in total. The minimum absolute atomic E-state index is 0.0100. The number of hydrogen-bond acceptors (Lipinski definition) is 6. The first-order chi connectivity index (χ1) is 15.9. The van der Waals surface area contributed by atoms with Gasteiger partial charge in [0.1, 0.15) is 17.4 Å². The van der Waals surface area contributed by atoms with E-state index in [1.807, 2.05) is 36.4 Å². The van der Waals surface area contributed by atoms with E-state index in [2.05, 4.69) is 0 Å². The summed E-state index contributed by atoms with van der Waals surface area (Å²) in [6, 6.07) is 14.3. The number of carbonyl (C=O) groups excluding carboxylic acids is 2. The number of amides is 1. The second-order valence-corrected chi connectivity index (χ2v) is 11.2. The van der Waals surface area contributed by atoms with Crippen LogP contribution >= 0.6 is 0 Å². The van der Waals surface area contributed by atoms with Crippen molar-refractivity contribution in [2.45, 2.75) is 50.1 Å². The predicted octanol–water partition coefficient (Wildman–Crippen LogP) is 3.43. The van der Waals surface area contributed by atoms with E-state index in [1.165, 1.54) is 0 Å². The monoisotopic (exact) mass is 469 g/mol. The van der Waals surface area contributed by atoms with Gasteiger partial charge in [0.05, 0.1) is 11.5 Å². The highest BCUT2D eigenvalue weighted by Gasteiger charge is 2.40. The summed E-state index contributed by atoms with van der Waals surface area (Å²) >= 11 is 0. The van der Waals surface area contributed by atoms with Gasteiger partial charge in [-0.15, -0.1) is 0 Å². The molecule has 3 aliphatic rings. The summed E-state index contributed by atoms with van der Waals surface area (Å²) in [5, 5.41) is 0. The van der Waals surface area contributed by atoms with E-state index in [9.17, 15) is 18.0 Å². The molecule has 1 saturated heterocycles. The molecule has 2 aromatic rings. The highest BCUT2D eigenvalue weighted by Crippen LogP contribution is 2.44. The minimum Gasteiger partial charge on any atom is -0.457 e. The highest BCUT2D eigenvalue weighted by molar-refractivity contribution is 7.91. The molecule has 8 heteroatoms. The van der Waals surface area contributed by atoms with Gasteiger partial charge >= 0.3 is 5.97 Å². The van der Waals surface area contributed by atoms with Crippen molar-refractivity contribution in [2.24, 2.45) is 0 Å². The van der Waals surface area contributed by atoms with Crippen LogP contribution in [-0.2, 0) is 24.2 Å². The number of sulfone groups is 1. The smallest absolute Gasteiger partial charge is 0.318 e. The molecule has 1 saturated carbocycles. The number of esters is 1. The van der Waals surface area contributed by atoms with Gasteiger partial charge in [0.15, 0.2) is 16.4 Å². The Kier molecular flexibility index (Phi) is 5.86. The number of para-hydroxylation sites is 2. The Labute approximate surface area is 193 Å². The molecule has 1 amide bonds. The molecule has 1 aliphatic carbocycles. The van der Waals surface area contributed by atoms with Crippen LogP contribution in [0.1, 0.15) is 49.1 Å². The summed E-state index contributed by atoms with van der Waals surface area (Å²) < 4.78 is 35.6. The molecule has 5 rings (SSSR count). The first kappa shape index (κ1) is 21.9. The Balaban J connectivity index is 1.35. The molecule has 0 N–H and O–H groups in total. The highest BCUT2D eigenvalue weighted by atomic mass is 32.2. The molecule has 0 radical (unpaired) electrons. The molecule has 2 heterocycles. The molecule has 1 atom stereocenters. The molecular weight excluding hydrogens is 442 g/mol. The van der Waals surface area contributed by atoms with Crippen molar-refractivity contribution in [3.05, 3.63) is 59.7 Å². The van der Waals surface area contributed by atoms with Crippen LogP contribution in [0.2, 0.25) is 0 Å². The lowest BCUT2D eigenvalue weighted by atomic mass is 9.88. The fourth-order valence-corrected chi connectivity index (χ4v) is 7.05. The third-order valence-corrected chi connectivity index (χ3v) is 8.61. The fraction of sp³-hybridized carbons (Fsp3) is 0.440. The first-order valence-electron chi connectivity index (χ1n) is 11.5. The SMILES string of the molecule is O=C(OCC(=O)N(C1CCCC1)C1CCS(=O)(=O)C1)C1c2ccccc2Oc2ccccc21. The summed E-state index contributed by atoms with van der Waals surface area (Å²) in [6.45, 7) is -0.395. The Bertz CT molecular complexity index is 1130. The van der Waals surface area contributed by atoms with Crippen LogP contribution in [-0.4, -0.2) is 55.4 Å². The Hall–Kier alpha value is -2.87. The zero-order valence-corrected chi connectivity index (χ0v) is 19.1. The van der Waals surface area contributed by atoms with E-state index in [0.29, 0.717) is 29.0 Å². The average molecular weight is 470 g/mol. The number of nitrogens with zero attached hydrogens (tertiary/aromatic N) is 1. The van der Waals surface area contributed by atoms with E-state index < -0.39 is 28.3 Å². The van der Waals surface area contributed by atoms with E-state index in [1.54, 1.807) is 17.0 Å². The number of fused-ring (bicyclic) bond motifs is 2. The van der Waals surface area contributed by atoms with Crippen molar-refractivity contribution in [1.82, 2.24) is 4.90 Å². The largest absolute Gasteiger partial charge is 0.457 e. The molecular formula is C25H27NO6S. The third-order valence-electron chi connectivity index (χ3n) is 6.86. The minimum atomic E-state index is -3.13. The van der Waals surface area contributed by atoms with E-state index in [-0.39, 0.29) is 29.5 Å². The molecule has 1 unspecified atom stereocenters. The van der Waals surface area contributed by atoms with Gasteiger partial charge in [-0.25, -0.2) is 8.42 Å². The molecule has 0 aromatic heterocycles. The van der Waals surface area contributed by atoms with Crippen LogP contribution in [0, 0.1) is 0 Å². The van der Waals surface area contributed by atoms with Gasteiger partial charge in [-0.05, 0) is 31.4 Å². The van der Waals surface area contributed by atoms with E-state index in [0.717, 1.165) is 25.7 Å². The Morgan fingerprint density at radius 1 is 0.909 bits per heavy atom. The molecule has 0 spiro atoms. The lowest BCUT2D eigenvalue weighted by molar-refractivity contribution is -0.154. The topological polar surface area (TPSA) is 90.0 Å². The van der Waals surface area contributed by atoms with E-state index in [4.69, 9.17) is 9.47 Å². The van der Waals surface area contributed by atoms with Crippen molar-refractivity contribution >= 4 is 21.7 Å². The number of benzene rings is 2. The van der Waals surface area contributed by atoms with Crippen LogP contribution in [0.25, 0.3) is 0 Å². The average Bonchev–Trinajstić information content (AvgIpc) is 3.45. The summed E-state index contributed by atoms with van der Waals surface area (Å²) in [7, 11) is -3.13. The lowest BCUT2D eigenvalue weighted by Gasteiger charge is -2.34. The van der Waals surface area contributed by atoms with Gasteiger partial charge in [0, 0.05) is 23.2 Å². The fourth-order valence-electron chi connectivity index (χ4n) is 5.34. The standard InChI is InChI=1S/C25H27NO6S/c27-23(26(17-7-1-2-8-17)18-13-14-33(29,30)16-18)15-31-25(28)24-19-9-3-5-11-21(19)32-22-12-6-4-10-20(22)24/h3-6,9-12,17-18,24H,1-2,7-8,13-16H2. The first-order valence-corrected chi connectivity index (χ1v) is 13.3. The Morgan fingerprint density at radius 3 is 2.09 bits per heavy atom. The molecule has 2 aromatic carbocycles. The predicted molar refractivity (Wildman–Crippen MR) is 122 cm³/mol. The maximum Gasteiger partial charge on any atom is 0.318 e. The zero-order valence-electron chi connectivity index (χ0n) is 18.3. The van der Waals surface area contributed by atoms with Gasteiger partial charge in [-0.3, -0.25) is 9.59 Å². The van der Waals surface area contributed by atoms with Gasteiger partial charge in [-0.2, -0.15) is 0 Å². The van der Waals surface area contributed by atoms with Crippen molar-refractivity contribution in [2.75, 3.05) is 18.1 Å². The summed E-state index contributed by atoms with van der Waals surface area (Å²) in [5.74, 6) is -0.247. The van der Waals surface area contributed by atoms with Crippen LogP contribution < -0.4 is 4.74 Å². The molecule has 2 aliphatic heterocycles. The van der Waals surface area contributed by atoms with E-state index >= 15 is 0 Å². The normalized spacial score (nSPS) is 21.6. The van der Waals surface area contributed by atoms with Crippen molar-refractivity contribution < 1.29 is 27.5 Å². The van der Waals surface area contributed by atoms with Crippen LogP contribution in [0.4, 0.5) is 0 Å².